The summed E-state index contributed by atoms with van der Waals surface area (Å²) in [4.78, 5) is 12.8. The maximum absolute atomic E-state index is 13.2. The van der Waals surface area contributed by atoms with Gasteiger partial charge in [0.15, 0.2) is 0 Å². The average Bonchev–Trinajstić information content (AvgIpc) is 2.80. The highest BCUT2D eigenvalue weighted by molar-refractivity contribution is 7.89. The van der Waals surface area contributed by atoms with E-state index in [4.69, 9.17) is 4.74 Å². The van der Waals surface area contributed by atoms with Crippen molar-refractivity contribution in [3.63, 3.8) is 0 Å². The van der Waals surface area contributed by atoms with Gasteiger partial charge >= 0.3 is 0 Å². The molecule has 0 radical (unpaired) electrons. The van der Waals surface area contributed by atoms with Crippen molar-refractivity contribution in [3.05, 3.63) is 59.7 Å². The van der Waals surface area contributed by atoms with Crippen LogP contribution >= 0.6 is 0 Å². The van der Waals surface area contributed by atoms with Crippen molar-refractivity contribution in [2.45, 2.75) is 63.3 Å². The molecule has 6 nitrogen and oxygen atoms in total. The largest absolute Gasteiger partial charge is 0.494 e. The third-order valence-corrected chi connectivity index (χ3v) is 7.81. The summed E-state index contributed by atoms with van der Waals surface area (Å²) in [5, 5.41) is 2.94. The van der Waals surface area contributed by atoms with Crippen molar-refractivity contribution < 1.29 is 17.9 Å². The molecule has 7 heteroatoms. The van der Waals surface area contributed by atoms with E-state index >= 15 is 0 Å². The lowest BCUT2D eigenvalue weighted by molar-refractivity contribution is 0.0949. The molecule has 2 aromatic carbocycles. The fraction of sp³-hybridized carbons (Fsp3) is 0.480. The fourth-order valence-corrected chi connectivity index (χ4v) is 5.64. The highest BCUT2D eigenvalue weighted by atomic mass is 32.2. The molecule has 1 aliphatic heterocycles. The van der Waals surface area contributed by atoms with Crippen molar-refractivity contribution in [2.24, 2.45) is 0 Å². The second-order valence-electron chi connectivity index (χ2n) is 8.35. The Morgan fingerprint density at radius 1 is 1.09 bits per heavy atom. The number of amides is 1. The highest BCUT2D eigenvalue weighted by Gasteiger charge is 2.33. The van der Waals surface area contributed by atoms with Gasteiger partial charge < -0.3 is 10.1 Å². The Morgan fingerprint density at radius 3 is 2.50 bits per heavy atom. The molecule has 1 saturated heterocycles. The molecule has 0 saturated carbocycles. The SMILES string of the molecule is CCCCOc1ccc(C(=O)NCCC2CCCCN2S(=O)(=O)c2ccc(C)cc2)cc1. The number of hydrogen-bond donors (Lipinski definition) is 1. The van der Waals surface area contributed by atoms with Gasteiger partial charge in [0.2, 0.25) is 10.0 Å². The Hall–Kier alpha value is -2.38. The first-order chi connectivity index (χ1) is 15.4. The van der Waals surface area contributed by atoms with E-state index in [1.807, 2.05) is 31.2 Å². The summed E-state index contributed by atoms with van der Waals surface area (Å²) in [6.45, 7) is 5.68. The summed E-state index contributed by atoms with van der Waals surface area (Å²) in [5.74, 6) is 0.600. The van der Waals surface area contributed by atoms with Crippen LogP contribution in [0.4, 0.5) is 0 Å². The minimum atomic E-state index is -3.54. The van der Waals surface area contributed by atoms with Crippen LogP contribution in [0.5, 0.6) is 5.75 Å². The number of benzene rings is 2. The zero-order valence-electron chi connectivity index (χ0n) is 19.0. The molecule has 0 aliphatic carbocycles. The standard InChI is InChI=1S/C25H34N2O4S/c1-3-4-19-31-23-12-10-21(11-13-23)25(28)26-17-16-22-7-5-6-18-27(22)32(29,30)24-14-8-20(2)9-15-24/h8-15,22H,3-7,16-19H2,1-2H3,(H,26,28). The van der Waals surface area contributed by atoms with Gasteiger partial charge in [0, 0.05) is 24.7 Å². The van der Waals surface area contributed by atoms with Gasteiger partial charge in [-0.05, 0) is 69.0 Å². The quantitative estimate of drug-likeness (QED) is 0.531. The smallest absolute Gasteiger partial charge is 0.251 e. The topological polar surface area (TPSA) is 75.7 Å². The van der Waals surface area contributed by atoms with Gasteiger partial charge in [-0.15, -0.1) is 0 Å². The predicted molar refractivity (Wildman–Crippen MR) is 127 cm³/mol. The molecule has 174 valence electrons. The van der Waals surface area contributed by atoms with E-state index in [9.17, 15) is 13.2 Å². The Morgan fingerprint density at radius 2 is 1.81 bits per heavy atom. The number of carbonyl (C=O) groups excluding carboxylic acids is 1. The number of nitrogens with zero attached hydrogens (tertiary/aromatic N) is 1. The van der Waals surface area contributed by atoms with Crippen molar-refractivity contribution >= 4 is 15.9 Å². The number of ether oxygens (including phenoxy) is 1. The third kappa shape index (κ3) is 6.33. The zero-order chi connectivity index (χ0) is 23.0. The molecule has 1 atom stereocenters. The summed E-state index contributed by atoms with van der Waals surface area (Å²) < 4.78 is 33.6. The van der Waals surface area contributed by atoms with E-state index in [0.717, 1.165) is 43.4 Å². The van der Waals surface area contributed by atoms with E-state index in [1.165, 1.54) is 0 Å². The van der Waals surface area contributed by atoms with E-state index in [-0.39, 0.29) is 11.9 Å². The Labute approximate surface area is 192 Å². The van der Waals surface area contributed by atoms with Crippen LogP contribution < -0.4 is 10.1 Å². The third-order valence-electron chi connectivity index (χ3n) is 5.85. The molecule has 0 aromatic heterocycles. The molecule has 32 heavy (non-hydrogen) atoms. The van der Waals surface area contributed by atoms with Crippen molar-refractivity contribution in [3.8, 4) is 5.75 Å². The number of unbranched alkanes of at least 4 members (excludes halogenated alkanes) is 1. The number of aryl methyl sites for hydroxylation is 1. The van der Waals surface area contributed by atoms with Crippen molar-refractivity contribution in [2.75, 3.05) is 19.7 Å². The van der Waals surface area contributed by atoms with Crippen molar-refractivity contribution in [1.29, 1.82) is 0 Å². The van der Waals surface area contributed by atoms with E-state index in [1.54, 1.807) is 28.6 Å². The monoisotopic (exact) mass is 458 g/mol. The predicted octanol–water partition coefficient (Wildman–Crippen LogP) is 4.54. The summed E-state index contributed by atoms with van der Waals surface area (Å²) in [6, 6.07) is 14.0. The number of nitrogens with one attached hydrogen (secondary N) is 1. The maximum Gasteiger partial charge on any atom is 0.251 e. The number of sulfonamides is 1. The van der Waals surface area contributed by atoms with Gasteiger partial charge in [0.25, 0.3) is 5.91 Å². The van der Waals surface area contributed by atoms with Gasteiger partial charge in [-0.25, -0.2) is 8.42 Å². The van der Waals surface area contributed by atoms with E-state index in [0.29, 0.717) is 36.6 Å². The average molecular weight is 459 g/mol. The lowest BCUT2D eigenvalue weighted by Crippen LogP contribution is -2.45. The van der Waals surface area contributed by atoms with Crippen LogP contribution in [0.25, 0.3) is 0 Å². The highest BCUT2D eigenvalue weighted by Crippen LogP contribution is 2.27. The first-order valence-corrected chi connectivity index (χ1v) is 13.0. The summed E-state index contributed by atoms with van der Waals surface area (Å²) in [5.41, 5.74) is 1.60. The van der Waals surface area contributed by atoms with Crippen LogP contribution in [0.2, 0.25) is 0 Å². The molecular weight excluding hydrogens is 424 g/mol. The minimum Gasteiger partial charge on any atom is -0.494 e. The Balaban J connectivity index is 1.55. The molecular formula is C25H34N2O4S. The van der Waals surface area contributed by atoms with Crippen LogP contribution in [0, 0.1) is 6.92 Å². The number of piperidine rings is 1. The maximum atomic E-state index is 13.2. The molecule has 1 unspecified atom stereocenters. The van der Waals surface area contributed by atoms with Gasteiger partial charge in [-0.2, -0.15) is 4.31 Å². The van der Waals surface area contributed by atoms with Gasteiger partial charge in [-0.1, -0.05) is 37.5 Å². The van der Waals surface area contributed by atoms with Gasteiger partial charge in [0.05, 0.1) is 11.5 Å². The molecule has 0 bridgehead atoms. The first-order valence-electron chi connectivity index (χ1n) is 11.5. The molecule has 1 amide bonds. The first kappa shape index (κ1) is 24.3. The molecule has 1 aliphatic rings. The lowest BCUT2D eigenvalue weighted by Gasteiger charge is -2.34. The second kappa shape index (κ2) is 11.5. The van der Waals surface area contributed by atoms with E-state index in [2.05, 4.69) is 12.2 Å². The zero-order valence-corrected chi connectivity index (χ0v) is 19.9. The van der Waals surface area contributed by atoms with E-state index < -0.39 is 10.0 Å². The van der Waals surface area contributed by atoms with Crippen molar-refractivity contribution in [1.82, 2.24) is 9.62 Å². The van der Waals surface area contributed by atoms with Crippen LogP contribution in [-0.2, 0) is 10.0 Å². The van der Waals surface area contributed by atoms with Crippen LogP contribution in [0.15, 0.2) is 53.4 Å². The number of rotatable bonds is 10. The molecule has 1 N–H and O–H groups in total. The summed E-state index contributed by atoms with van der Waals surface area (Å²) in [6.07, 6.45) is 5.34. The summed E-state index contributed by atoms with van der Waals surface area (Å²) >= 11 is 0. The van der Waals surface area contributed by atoms with Crippen LogP contribution in [0.3, 0.4) is 0 Å². The van der Waals surface area contributed by atoms with Crippen LogP contribution in [-0.4, -0.2) is 44.4 Å². The molecule has 1 fully saturated rings. The molecule has 2 aromatic rings. The van der Waals surface area contributed by atoms with Gasteiger partial charge in [-0.3, -0.25) is 4.79 Å². The Bertz CT molecular complexity index is 972. The molecule has 3 rings (SSSR count). The normalized spacial score (nSPS) is 17.1. The molecule has 1 heterocycles. The van der Waals surface area contributed by atoms with Gasteiger partial charge in [0.1, 0.15) is 5.75 Å². The second-order valence-corrected chi connectivity index (χ2v) is 10.2. The number of hydrogen-bond acceptors (Lipinski definition) is 4. The minimum absolute atomic E-state index is 0.107. The Kier molecular flexibility index (Phi) is 8.70. The lowest BCUT2D eigenvalue weighted by atomic mass is 10.0. The van der Waals surface area contributed by atoms with Crippen LogP contribution in [0.1, 0.15) is 61.4 Å². The fourth-order valence-electron chi connectivity index (χ4n) is 3.92. The molecule has 0 spiro atoms. The number of carbonyl (C=O) groups is 1. The summed E-state index contributed by atoms with van der Waals surface area (Å²) in [7, 11) is -3.54.